The molecule has 16 heavy (non-hydrogen) atoms. The van der Waals surface area contributed by atoms with E-state index in [2.05, 4.69) is 9.84 Å². The van der Waals surface area contributed by atoms with Gasteiger partial charge in [0.1, 0.15) is 0 Å². The normalized spacial score (nSPS) is 12.3. The molecule has 0 bridgehead atoms. The van der Waals surface area contributed by atoms with Crippen LogP contribution in [0, 0.1) is 6.92 Å². The fourth-order valence-corrected chi connectivity index (χ4v) is 1.69. The molecule has 0 aliphatic carbocycles. The van der Waals surface area contributed by atoms with Gasteiger partial charge in [-0.1, -0.05) is 0 Å². The van der Waals surface area contributed by atoms with Gasteiger partial charge in [0.05, 0.1) is 31.9 Å². The number of nitrogens with two attached hydrogens (primary N) is 1. The first kappa shape index (κ1) is 12.5. The number of nitrogens with zero attached hydrogens (tertiary/aromatic N) is 2. The average molecular weight is 227 g/mol. The Balaban J connectivity index is 2.98. The van der Waals surface area contributed by atoms with Gasteiger partial charge in [-0.15, -0.1) is 0 Å². The number of carbonyl (C=O) groups is 1. The van der Waals surface area contributed by atoms with Gasteiger partial charge in [0.2, 0.25) is 5.88 Å². The molecule has 0 saturated carbocycles. The third kappa shape index (κ3) is 2.33. The summed E-state index contributed by atoms with van der Waals surface area (Å²) < 4.78 is 11.4. The van der Waals surface area contributed by atoms with Crippen molar-refractivity contribution < 1.29 is 14.3 Å². The Morgan fingerprint density at radius 1 is 1.56 bits per heavy atom. The molecule has 1 atom stereocenters. The molecule has 6 heteroatoms. The average Bonchev–Trinajstić information content (AvgIpc) is 2.52. The Morgan fingerprint density at radius 3 is 2.69 bits per heavy atom. The maximum atomic E-state index is 11.1. The minimum Gasteiger partial charge on any atom is -0.481 e. The van der Waals surface area contributed by atoms with Gasteiger partial charge in [-0.2, -0.15) is 5.10 Å². The largest absolute Gasteiger partial charge is 0.481 e. The molecule has 2 N–H and O–H groups in total. The van der Waals surface area contributed by atoms with E-state index in [9.17, 15) is 4.79 Å². The highest BCUT2D eigenvalue weighted by atomic mass is 16.5. The first-order chi connectivity index (χ1) is 7.51. The van der Waals surface area contributed by atoms with Crippen LogP contribution in [-0.2, 0) is 16.6 Å². The Morgan fingerprint density at radius 2 is 2.19 bits per heavy atom. The molecule has 6 nitrogen and oxygen atoms in total. The fourth-order valence-electron chi connectivity index (χ4n) is 1.69. The molecule has 1 aromatic heterocycles. The summed E-state index contributed by atoms with van der Waals surface area (Å²) in [6, 6.07) is -0.462. The maximum Gasteiger partial charge on any atom is 0.307 e. The van der Waals surface area contributed by atoms with Gasteiger partial charge in [0.15, 0.2) is 0 Å². The van der Waals surface area contributed by atoms with Crippen molar-refractivity contribution in [1.29, 1.82) is 0 Å². The Labute approximate surface area is 94.3 Å². The number of hydrogen-bond acceptors (Lipinski definition) is 5. The van der Waals surface area contributed by atoms with E-state index in [-0.39, 0.29) is 12.4 Å². The second-order valence-corrected chi connectivity index (χ2v) is 3.52. The SMILES string of the molecule is COC(=O)C[C@H](N)c1c(C)nn(C)c1OC. The Kier molecular flexibility index (Phi) is 3.89. The van der Waals surface area contributed by atoms with Crippen LogP contribution in [0.2, 0.25) is 0 Å². The lowest BCUT2D eigenvalue weighted by atomic mass is 10.1. The third-order valence-electron chi connectivity index (χ3n) is 2.39. The van der Waals surface area contributed by atoms with Crippen LogP contribution >= 0.6 is 0 Å². The number of methoxy groups -OCH3 is 2. The number of aromatic nitrogens is 2. The van der Waals surface area contributed by atoms with Gasteiger partial charge in [0, 0.05) is 13.1 Å². The highest BCUT2D eigenvalue weighted by molar-refractivity contribution is 5.70. The van der Waals surface area contributed by atoms with Gasteiger partial charge in [-0.05, 0) is 6.92 Å². The van der Waals surface area contributed by atoms with E-state index in [4.69, 9.17) is 10.5 Å². The Bertz CT molecular complexity index is 387. The molecule has 0 fully saturated rings. The monoisotopic (exact) mass is 227 g/mol. The number of carbonyl (C=O) groups excluding carboxylic acids is 1. The number of hydrogen-bond donors (Lipinski definition) is 1. The zero-order valence-corrected chi connectivity index (χ0v) is 9.98. The predicted octanol–water partition coefficient (Wildman–Crippen LogP) is 0.300. The minimum absolute atomic E-state index is 0.111. The van der Waals surface area contributed by atoms with E-state index in [1.54, 1.807) is 18.8 Å². The molecule has 0 amide bonds. The molecule has 0 aliphatic rings. The summed E-state index contributed by atoms with van der Waals surface area (Å²) in [5, 5.41) is 4.20. The van der Waals surface area contributed by atoms with Crippen LogP contribution in [0.15, 0.2) is 0 Å². The molecular formula is C10H17N3O3. The molecule has 0 spiro atoms. The van der Waals surface area contributed by atoms with E-state index in [1.807, 2.05) is 6.92 Å². The van der Waals surface area contributed by atoms with E-state index in [0.717, 1.165) is 11.3 Å². The number of esters is 1. The fraction of sp³-hybridized carbons (Fsp3) is 0.600. The summed E-state index contributed by atoms with van der Waals surface area (Å²) in [5.74, 6) is 0.228. The summed E-state index contributed by atoms with van der Waals surface area (Å²) >= 11 is 0. The highest BCUT2D eigenvalue weighted by Crippen LogP contribution is 2.28. The lowest BCUT2D eigenvalue weighted by Crippen LogP contribution is -2.17. The van der Waals surface area contributed by atoms with Gasteiger partial charge >= 0.3 is 5.97 Å². The van der Waals surface area contributed by atoms with Crippen molar-refractivity contribution >= 4 is 5.97 Å². The van der Waals surface area contributed by atoms with Crippen LogP contribution in [-0.4, -0.2) is 30.0 Å². The lowest BCUT2D eigenvalue weighted by Gasteiger charge is -2.11. The quantitative estimate of drug-likeness (QED) is 0.748. The molecule has 0 unspecified atom stereocenters. The molecule has 1 aromatic rings. The van der Waals surface area contributed by atoms with Crippen molar-refractivity contribution in [3.05, 3.63) is 11.3 Å². The zero-order valence-electron chi connectivity index (χ0n) is 9.98. The van der Waals surface area contributed by atoms with Crippen LogP contribution in [0.5, 0.6) is 5.88 Å². The molecular weight excluding hydrogens is 210 g/mol. The van der Waals surface area contributed by atoms with E-state index in [1.165, 1.54) is 7.11 Å². The second-order valence-electron chi connectivity index (χ2n) is 3.52. The summed E-state index contributed by atoms with van der Waals surface area (Å²) in [6.45, 7) is 1.83. The number of rotatable bonds is 4. The predicted molar refractivity (Wildman–Crippen MR) is 58.1 cm³/mol. The van der Waals surface area contributed by atoms with Crippen molar-refractivity contribution in [3.8, 4) is 5.88 Å². The standard InChI is InChI=1S/C10H17N3O3/c1-6-9(7(11)5-8(14)15-3)10(16-4)13(2)12-6/h7H,5,11H2,1-4H3/t7-/m0/s1. The van der Waals surface area contributed by atoms with Crippen LogP contribution in [0.25, 0.3) is 0 Å². The Hall–Kier alpha value is -1.56. The molecule has 1 rings (SSSR count). The van der Waals surface area contributed by atoms with E-state index < -0.39 is 6.04 Å². The molecule has 0 aromatic carbocycles. The smallest absolute Gasteiger partial charge is 0.307 e. The third-order valence-corrected chi connectivity index (χ3v) is 2.39. The van der Waals surface area contributed by atoms with Crippen LogP contribution in [0.3, 0.4) is 0 Å². The topological polar surface area (TPSA) is 79.4 Å². The summed E-state index contributed by atoms with van der Waals surface area (Å²) in [7, 11) is 4.65. The molecule has 0 radical (unpaired) electrons. The van der Waals surface area contributed by atoms with Gasteiger partial charge in [0.25, 0.3) is 0 Å². The van der Waals surface area contributed by atoms with Crippen molar-refractivity contribution in [1.82, 2.24) is 9.78 Å². The summed E-state index contributed by atoms with van der Waals surface area (Å²) in [4.78, 5) is 11.1. The number of ether oxygens (including phenoxy) is 2. The van der Waals surface area contributed by atoms with E-state index in [0.29, 0.717) is 5.88 Å². The molecule has 90 valence electrons. The van der Waals surface area contributed by atoms with E-state index >= 15 is 0 Å². The lowest BCUT2D eigenvalue weighted by molar-refractivity contribution is -0.141. The van der Waals surface area contributed by atoms with Crippen LogP contribution in [0.1, 0.15) is 23.7 Å². The van der Waals surface area contributed by atoms with Gasteiger partial charge < -0.3 is 15.2 Å². The highest BCUT2D eigenvalue weighted by Gasteiger charge is 2.22. The molecule has 1 heterocycles. The first-order valence-electron chi connectivity index (χ1n) is 4.91. The maximum absolute atomic E-state index is 11.1. The zero-order chi connectivity index (χ0) is 12.3. The molecule has 0 aliphatic heterocycles. The van der Waals surface area contributed by atoms with Crippen molar-refractivity contribution in [2.24, 2.45) is 12.8 Å². The van der Waals surface area contributed by atoms with Gasteiger partial charge in [-0.25, -0.2) is 4.68 Å². The van der Waals surface area contributed by atoms with Crippen LogP contribution in [0.4, 0.5) is 0 Å². The first-order valence-corrected chi connectivity index (χ1v) is 4.91. The van der Waals surface area contributed by atoms with Crippen molar-refractivity contribution in [3.63, 3.8) is 0 Å². The minimum atomic E-state index is -0.462. The van der Waals surface area contributed by atoms with Crippen molar-refractivity contribution in [2.75, 3.05) is 14.2 Å². The summed E-state index contributed by atoms with van der Waals surface area (Å²) in [5.41, 5.74) is 7.43. The van der Waals surface area contributed by atoms with Gasteiger partial charge in [-0.3, -0.25) is 4.79 Å². The van der Waals surface area contributed by atoms with Crippen LogP contribution < -0.4 is 10.5 Å². The molecule has 0 saturated heterocycles. The second kappa shape index (κ2) is 4.98. The summed E-state index contributed by atoms with van der Waals surface area (Å²) in [6.07, 6.45) is 0.111. The van der Waals surface area contributed by atoms with Crippen molar-refractivity contribution in [2.45, 2.75) is 19.4 Å². The number of aryl methyl sites for hydroxylation is 2.